The molecular formula is C15H28ClN5O. The molecule has 1 aliphatic heterocycles. The highest BCUT2D eigenvalue weighted by molar-refractivity contribution is 5.92. The van der Waals surface area contributed by atoms with E-state index in [1.807, 2.05) is 13.1 Å². The largest absolute Gasteiger partial charge is 0.351 e. The van der Waals surface area contributed by atoms with Crippen molar-refractivity contribution in [2.45, 2.75) is 26.2 Å². The van der Waals surface area contributed by atoms with Gasteiger partial charge in [-0.15, -0.1) is 12.4 Å². The Hall–Kier alpha value is -1.11. The van der Waals surface area contributed by atoms with Crippen molar-refractivity contribution in [2.24, 2.45) is 7.05 Å². The normalized spacial score (nSPS) is 15.6. The van der Waals surface area contributed by atoms with Crippen LogP contribution in [-0.4, -0.2) is 59.9 Å². The molecule has 0 unspecified atom stereocenters. The van der Waals surface area contributed by atoms with E-state index in [9.17, 15) is 4.79 Å². The predicted molar refractivity (Wildman–Crippen MR) is 90.8 cm³/mol. The number of carbonyl (C=O) groups excluding carboxylic acids is 1. The van der Waals surface area contributed by atoms with E-state index in [1.54, 1.807) is 4.68 Å². The maximum Gasteiger partial charge on any atom is 0.271 e. The molecule has 1 aromatic rings. The van der Waals surface area contributed by atoms with E-state index < -0.39 is 0 Å². The highest BCUT2D eigenvalue weighted by atomic mass is 35.5. The van der Waals surface area contributed by atoms with E-state index >= 15 is 0 Å². The number of rotatable bonds is 6. The number of hydrogen-bond acceptors (Lipinski definition) is 4. The highest BCUT2D eigenvalue weighted by Gasteiger charge is 2.14. The van der Waals surface area contributed by atoms with Crippen LogP contribution < -0.4 is 10.6 Å². The van der Waals surface area contributed by atoms with Crippen LogP contribution in [0.4, 0.5) is 0 Å². The summed E-state index contributed by atoms with van der Waals surface area (Å²) in [6.45, 7) is 10.3. The summed E-state index contributed by atoms with van der Waals surface area (Å²) in [4.78, 5) is 14.5. The molecule has 126 valence electrons. The SMILES string of the molecule is CC(C)c1cc(C(=O)NCCCN2CCNCC2)nn1C.Cl. The summed E-state index contributed by atoms with van der Waals surface area (Å²) in [5.74, 6) is 0.301. The number of carbonyl (C=O) groups is 1. The van der Waals surface area contributed by atoms with Gasteiger partial charge in [0.15, 0.2) is 0 Å². The van der Waals surface area contributed by atoms with Crippen LogP contribution in [0.5, 0.6) is 0 Å². The van der Waals surface area contributed by atoms with Gasteiger partial charge >= 0.3 is 0 Å². The summed E-state index contributed by atoms with van der Waals surface area (Å²) in [6, 6.07) is 1.89. The minimum atomic E-state index is -0.0715. The van der Waals surface area contributed by atoms with Gasteiger partial charge in [0, 0.05) is 45.5 Å². The number of nitrogens with one attached hydrogen (secondary N) is 2. The summed E-state index contributed by atoms with van der Waals surface area (Å²) < 4.78 is 1.79. The van der Waals surface area contributed by atoms with Crippen LogP contribution in [-0.2, 0) is 7.05 Å². The standard InChI is InChI=1S/C15H27N5O.ClH/c1-12(2)14-11-13(18-19(14)3)15(21)17-5-4-8-20-9-6-16-7-10-20;/h11-12,16H,4-10H2,1-3H3,(H,17,21);1H. The molecule has 1 fully saturated rings. The first-order chi connectivity index (χ1) is 10.1. The molecule has 2 heterocycles. The Morgan fingerprint density at radius 2 is 2.09 bits per heavy atom. The van der Waals surface area contributed by atoms with Gasteiger partial charge in [-0.3, -0.25) is 9.48 Å². The Morgan fingerprint density at radius 1 is 1.41 bits per heavy atom. The second-order valence-corrected chi connectivity index (χ2v) is 5.93. The molecule has 1 aromatic heterocycles. The number of aryl methyl sites for hydroxylation is 1. The molecule has 1 saturated heterocycles. The maximum absolute atomic E-state index is 12.1. The number of aromatic nitrogens is 2. The molecule has 0 aromatic carbocycles. The fourth-order valence-corrected chi connectivity index (χ4v) is 2.66. The zero-order valence-corrected chi connectivity index (χ0v) is 14.6. The monoisotopic (exact) mass is 329 g/mol. The van der Waals surface area contributed by atoms with Crippen molar-refractivity contribution >= 4 is 18.3 Å². The molecule has 0 aliphatic carbocycles. The molecule has 2 N–H and O–H groups in total. The van der Waals surface area contributed by atoms with Crippen LogP contribution in [0, 0.1) is 0 Å². The van der Waals surface area contributed by atoms with E-state index in [4.69, 9.17) is 0 Å². The van der Waals surface area contributed by atoms with Gasteiger partial charge in [-0.1, -0.05) is 13.8 Å². The lowest BCUT2D eigenvalue weighted by Gasteiger charge is -2.26. The van der Waals surface area contributed by atoms with Crippen molar-refractivity contribution in [3.63, 3.8) is 0 Å². The maximum atomic E-state index is 12.1. The summed E-state index contributed by atoms with van der Waals surface area (Å²) >= 11 is 0. The van der Waals surface area contributed by atoms with E-state index in [2.05, 4.69) is 34.5 Å². The Labute approximate surface area is 139 Å². The molecule has 6 nitrogen and oxygen atoms in total. The number of amides is 1. The van der Waals surface area contributed by atoms with Gasteiger partial charge in [-0.05, 0) is 24.9 Å². The third kappa shape index (κ3) is 5.26. The van der Waals surface area contributed by atoms with Crippen LogP contribution in [0.2, 0.25) is 0 Å². The second-order valence-electron chi connectivity index (χ2n) is 5.93. The first-order valence-electron chi connectivity index (χ1n) is 7.83. The van der Waals surface area contributed by atoms with E-state index in [1.165, 1.54) is 0 Å². The molecule has 1 aliphatic rings. The minimum Gasteiger partial charge on any atom is -0.351 e. The fraction of sp³-hybridized carbons (Fsp3) is 0.733. The van der Waals surface area contributed by atoms with E-state index in [-0.39, 0.29) is 18.3 Å². The number of piperazine rings is 1. The Bertz CT molecular complexity index is 468. The summed E-state index contributed by atoms with van der Waals surface area (Å²) in [6.07, 6.45) is 0.982. The van der Waals surface area contributed by atoms with Crippen molar-refractivity contribution < 1.29 is 4.79 Å². The van der Waals surface area contributed by atoms with E-state index in [0.717, 1.165) is 44.8 Å². The van der Waals surface area contributed by atoms with Crippen molar-refractivity contribution in [2.75, 3.05) is 39.3 Å². The topological polar surface area (TPSA) is 62.2 Å². The fourth-order valence-electron chi connectivity index (χ4n) is 2.66. The lowest BCUT2D eigenvalue weighted by atomic mass is 10.1. The molecule has 0 bridgehead atoms. The van der Waals surface area contributed by atoms with Crippen molar-refractivity contribution in [3.05, 3.63) is 17.5 Å². The Morgan fingerprint density at radius 3 is 2.68 bits per heavy atom. The quantitative estimate of drug-likeness (QED) is 0.764. The lowest BCUT2D eigenvalue weighted by Crippen LogP contribution is -2.44. The average Bonchev–Trinajstić information content (AvgIpc) is 2.87. The van der Waals surface area contributed by atoms with Gasteiger partial charge in [-0.25, -0.2) is 0 Å². The third-order valence-corrected chi connectivity index (χ3v) is 3.89. The smallest absolute Gasteiger partial charge is 0.271 e. The first-order valence-corrected chi connectivity index (χ1v) is 7.83. The summed E-state index contributed by atoms with van der Waals surface area (Å²) in [5, 5.41) is 10.6. The number of hydrogen-bond donors (Lipinski definition) is 2. The van der Waals surface area contributed by atoms with Crippen LogP contribution in [0.3, 0.4) is 0 Å². The first kappa shape index (κ1) is 18.9. The molecule has 22 heavy (non-hydrogen) atoms. The number of nitrogens with zero attached hydrogens (tertiary/aromatic N) is 3. The molecule has 2 rings (SSSR count). The summed E-state index contributed by atoms with van der Waals surface area (Å²) in [5.41, 5.74) is 1.60. The van der Waals surface area contributed by atoms with Crippen LogP contribution in [0.25, 0.3) is 0 Å². The molecule has 0 saturated carbocycles. The van der Waals surface area contributed by atoms with Gasteiger partial charge in [0.1, 0.15) is 5.69 Å². The zero-order chi connectivity index (χ0) is 15.2. The Balaban J connectivity index is 0.00000242. The van der Waals surface area contributed by atoms with Gasteiger partial charge in [0.25, 0.3) is 5.91 Å². The molecule has 7 heteroatoms. The molecule has 0 radical (unpaired) electrons. The van der Waals surface area contributed by atoms with Crippen LogP contribution in [0.1, 0.15) is 42.4 Å². The highest BCUT2D eigenvalue weighted by Crippen LogP contribution is 2.14. The van der Waals surface area contributed by atoms with Gasteiger partial charge < -0.3 is 15.5 Å². The van der Waals surface area contributed by atoms with Crippen molar-refractivity contribution in [1.82, 2.24) is 25.3 Å². The minimum absolute atomic E-state index is 0. The number of halogens is 1. The molecular weight excluding hydrogens is 302 g/mol. The zero-order valence-electron chi connectivity index (χ0n) is 13.8. The molecule has 1 amide bonds. The molecule has 0 atom stereocenters. The average molecular weight is 330 g/mol. The van der Waals surface area contributed by atoms with Gasteiger partial charge in [-0.2, -0.15) is 5.10 Å². The van der Waals surface area contributed by atoms with Crippen molar-refractivity contribution in [3.8, 4) is 0 Å². The van der Waals surface area contributed by atoms with E-state index in [0.29, 0.717) is 18.2 Å². The summed E-state index contributed by atoms with van der Waals surface area (Å²) in [7, 11) is 1.89. The molecule has 0 spiro atoms. The lowest BCUT2D eigenvalue weighted by molar-refractivity contribution is 0.0945. The second kappa shape index (κ2) is 9.12. The van der Waals surface area contributed by atoms with Crippen LogP contribution >= 0.6 is 12.4 Å². The third-order valence-electron chi connectivity index (χ3n) is 3.89. The van der Waals surface area contributed by atoms with Gasteiger partial charge in [0.05, 0.1) is 0 Å². The predicted octanol–water partition coefficient (Wildman–Crippen LogP) is 0.990. The Kier molecular flexibility index (Phi) is 7.85. The van der Waals surface area contributed by atoms with Gasteiger partial charge in [0.2, 0.25) is 0 Å². The van der Waals surface area contributed by atoms with Crippen LogP contribution in [0.15, 0.2) is 6.07 Å². The van der Waals surface area contributed by atoms with Crippen molar-refractivity contribution in [1.29, 1.82) is 0 Å².